The predicted molar refractivity (Wildman–Crippen MR) is 239 cm³/mol. The zero-order valence-electron chi connectivity index (χ0n) is 35.9. The minimum atomic E-state index is -0.999. The van der Waals surface area contributed by atoms with E-state index in [-0.39, 0.29) is 56.3 Å². The van der Waals surface area contributed by atoms with Crippen LogP contribution < -0.4 is 36.2 Å². The van der Waals surface area contributed by atoms with E-state index in [0.717, 1.165) is 49.6 Å². The van der Waals surface area contributed by atoms with Gasteiger partial charge in [0.05, 0.1) is 30.0 Å². The van der Waals surface area contributed by atoms with Gasteiger partial charge in [-0.3, -0.25) is 43.9 Å². The number of hydrogen-bond donors (Lipinski definition) is 4. The Hall–Kier alpha value is -6.83. The van der Waals surface area contributed by atoms with Crippen LogP contribution in [0.1, 0.15) is 79.0 Å². The molecule has 8 amide bonds. The fourth-order valence-electron chi connectivity index (χ4n) is 8.92. The van der Waals surface area contributed by atoms with Gasteiger partial charge < -0.3 is 40.7 Å². The molecule has 4 fully saturated rings. The number of likely N-dealkylation sites (N-methyl/N-ethyl adjacent to an activating group) is 1. The molecule has 20 nitrogen and oxygen atoms in total. The molecule has 6 heterocycles. The van der Waals surface area contributed by atoms with Crippen LogP contribution in [0.4, 0.5) is 27.8 Å². The molecule has 1 aromatic heterocycles. The highest BCUT2D eigenvalue weighted by Crippen LogP contribution is 2.32. The number of carbonyl (C=O) groups excluding carboxylic acids is 7. The highest BCUT2D eigenvalue weighted by molar-refractivity contribution is 6.23. The van der Waals surface area contributed by atoms with E-state index in [0.29, 0.717) is 82.4 Å². The Morgan fingerprint density at radius 3 is 2.42 bits per heavy atom. The summed E-state index contributed by atoms with van der Waals surface area (Å²) >= 11 is 0. The Balaban J connectivity index is 0.00000360. The summed E-state index contributed by atoms with van der Waals surface area (Å²) in [4.78, 5) is 108. The van der Waals surface area contributed by atoms with Gasteiger partial charge in [0.15, 0.2) is 11.5 Å². The number of amides is 8. The van der Waals surface area contributed by atoms with Gasteiger partial charge in [-0.15, -0.1) is 0 Å². The molecule has 64 heavy (non-hydrogen) atoms. The van der Waals surface area contributed by atoms with Gasteiger partial charge in [-0.2, -0.15) is 0 Å². The second-order valence-electron chi connectivity index (χ2n) is 16.7. The molecule has 2 aromatic carbocycles. The summed E-state index contributed by atoms with van der Waals surface area (Å²) in [6.07, 6.45) is 5.28. The molecule has 0 saturated carbocycles. The molecule has 5 aliphatic heterocycles. The summed E-state index contributed by atoms with van der Waals surface area (Å²) in [6, 6.07) is 11.5. The predicted octanol–water partition coefficient (Wildman–Crippen LogP) is 2.04. The van der Waals surface area contributed by atoms with Crippen molar-refractivity contribution in [3.8, 4) is 5.75 Å². The van der Waals surface area contributed by atoms with Crippen LogP contribution in [0.15, 0.2) is 48.7 Å². The van der Waals surface area contributed by atoms with Crippen LogP contribution in [-0.4, -0.2) is 162 Å². The maximum absolute atomic E-state index is 13.3. The quantitative estimate of drug-likeness (QED) is 0.119. The van der Waals surface area contributed by atoms with Crippen LogP contribution in [-0.2, 0) is 14.4 Å². The molecule has 1 unspecified atom stereocenters. The Bertz CT molecular complexity index is 2310. The van der Waals surface area contributed by atoms with E-state index in [1.54, 1.807) is 47.5 Å². The molecule has 8 rings (SSSR count). The topological polar surface area (TPSA) is 236 Å². The number of imide groups is 2. The molecule has 20 heteroatoms. The number of carbonyl (C=O) groups is 7. The van der Waals surface area contributed by atoms with Crippen molar-refractivity contribution in [1.82, 2.24) is 40.2 Å². The van der Waals surface area contributed by atoms with E-state index in [1.807, 2.05) is 18.0 Å². The maximum atomic E-state index is 13.3. The van der Waals surface area contributed by atoms with Crippen LogP contribution >= 0.6 is 0 Å². The van der Waals surface area contributed by atoms with Crippen molar-refractivity contribution in [2.24, 2.45) is 5.73 Å². The number of aromatic nitrogens is 2. The molecular formula is C44H58N12O8. The summed E-state index contributed by atoms with van der Waals surface area (Å²) in [7, 11) is 1.81. The standard InChI is InChI=1S/C44H54N12O8.2H2/c1-51-18-23-55(44(51)63)30-5-2-17-54(27-30)35-26-47-38(39(45)59)40(49-35)48-28-7-10-31(11-8-28)64-24-4-15-46-36(57)6-3-16-52-19-21-53(22-20-52)29-9-12-32-33(25-29)43(62)56(42(32)61)34-13-14-37(58)50-41(34)60;;/h7-12,25-26,30,34H,2-6,13-24,27H2,1H3,(H2,45,59)(H,46,57)(H,48,49)(H,50,58,60);2*1H/t30-,34?;;/m1../s1. The smallest absolute Gasteiger partial charge is 0.320 e. The minimum Gasteiger partial charge on any atom is -0.494 e. The first-order valence-electron chi connectivity index (χ1n) is 22.0. The molecule has 0 radical (unpaired) electrons. The third-order valence-corrected chi connectivity index (χ3v) is 12.5. The van der Waals surface area contributed by atoms with E-state index in [1.165, 1.54) is 0 Å². The monoisotopic (exact) mass is 882 g/mol. The van der Waals surface area contributed by atoms with Crippen LogP contribution in [0.5, 0.6) is 5.75 Å². The number of nitrogens with two attached hydrogens (primary N) is 1. The maximum Gasteiger partial charge on any atom is 0.320 e. The number of ether oxygens (including phenoxy) is 1. The molecular weight excluding hydrogens is 825 g/mol. The first-order chi connectivity index (χ1) is 30.9. The second-order valence-corrected chi connectivity index (χ2v) is 16.7. The summed E-state index contributed by atoms with van der Waals surface area (Å²) in [6.45, 7) is 7.42. The summed E-state index contributed by atoms with van der Waals surface area (Å²) < 4.78 is 5.90. The van der Waals surface area contributed by atoms with Crippen molar-refractivity contribution in [1.29, 1.82) is 0 Å². The summed E-state index contributed by atoms with van der Waals surface area (Å²) in [5.41, 5.74) is 7.68. The van der Waals surface area contributed by atoms with Gasteiger partial charge in [-0.1, -0.05) is 0 Å². The van der Waals surface area contributed by atoms with Crippen molar-refractivity contribution in [2.45, 2.75) is 57.0 Å². The zero-order chi connectivity index (χ0) is 44.9. The lowest BCUT2D eigenvalue weighted by atomic mass is 10.0. The number of piperidine rings is 2. The number of nitrogens with zero attached hydrogens (tertiary/aromatic N) is 8. The average Bonchev–Trinajstić information content (AvgIpc) is 3.76. The van der Waals surface area contributed by atoms with Gasteiger partial charge in [-0.05, 0) is 81.1 Å². The number of benzene rings is 2. The van der Waals surface area contributed by atoms with Gasteiger partial charge in [0.1, 0.15) is 17.6 Å². The van der Waals surface area contributed by atoms with Crippen molar-refractivity contribution < 1.29 is 41.2 Å². The zero-order valence-corrected chi connectivity index (χ0v) is 35.9. The van der Waals surface area contributed by atoms with Gasteiger partial charge in [0.2, 0.25) is 17.7 Å². The number of urea groups is 1. The Morgan fingerprint density at radius 1 is 0.906 bits per heavy atom. The SMILES string of the molecule is CN1CCN([C@@H]2CCCN(c3cnc(C(N)=O)c(Nc4ccc(OCCCNC(=O)CCCN5CCN(c6ccc7c(c6)C(=O)N(C6CCC(=O)NC6=O)C7=O)CC5)cc4)n3)C2)C1=O.[HH].[HH]. The molecule has 0 aliphatic carbocycles. The van der Waals surface area contributed by atoms with E-state index in [4.69, 9.17) is 15.5 Å². The van der Waals surface area contributed by atoms with E-state index in [9.17, 15) is 33.6 Å². The van der Waals surface area contributed by atoms with Gasteiger partial charge in [-0.25, -0.2) is 14.8 Å². The van der Waals surface area contributed by atoms with Crippen molar-refractivity contribution in [3.63, 3.8) is 0 Å². The molecule has 4 saturated heterocycles. The number of anilines is 4. The molecule has 3 aromatic rings. The molecule has 5 aliphatic rings. The molecule has 342 valence electrons. The largest absolute Gasteiger partial charge is 0.494 e. The highest BCUT2D eigenvalue weighted by Gasteiger charge is 2.45. The lowest BCUT2D eigenvalue weighted by Crippen LogP contribution is -2.54. The Kier molecular flexibility index (Phi) is 13.2. The number of nitrogens with one attached hydrogen (secondary N) is 3. The second kappa shape index (κ2) is 19.3. The Morgan fingerprint density at radius 2 is 1.69 bits per heavy atom. The summed E-state index contributed by atoms with van der Waals surface area (Å²) in [5.74, 6) is -1.33. The van der Waals surface area contributed by atoms with Crippen LogP contribution in [0.3, 0.4) is 0 Å². The lowest BCUT2D eigenvalue weighted by molar-refractivity contribution is -0.136. The fourth-order valence-corrected chi connectivity index (χ4v) is 8.92. The number of hydrogen-bond acceptors (Lipinski definition) is 14. The van der Waals surface area contributed by atoms with E-state index >= 15 is 0 Å². The number of rotatable bonds is 16. The van der Waals surface area contributed by atoms with Gasteiger partial charge in [0, 0.05) is 93.0 Å². The van der Waals surface area contributed by atoms with Crippen LogP contribution in [0.25, 0.3) is 0 Å². The fraction of sp³-hybridized carbons (Fsp3) is 0.477. The van der Waals surface area contributed by atoms with Crippen molar-refractivity contribution in [2.75, 3.05) is 94.2 Å². The molecule has 5 N–H and O–H groups in total. The third-order valence-electron chi connectivity index (χ3n) is 12.5. The molecule has 2 atom stereocenters. The first-order valence-corrected chi connectivity index (χ1v) is 22.0. The normalized spacial score (nSPS) is 20.5. The van der Waals surface area contributed by atoms with Crippen molar-refractivity contribution in [3.05, 3.63) is 65.5 Å². The number of fused-ring (bicyclic) bond motifs is 1. The van der Waals surface area contributed by atoms with Crippen LogP contribution in [0, 0.1) is 0 Å². The van der Waals surface area contributed by atoms with Gasteiger partial charge >= 0.3 is 6.03 Å². The first kappa shape index (κ1) is 43.8. The third kappa shape index (κ3) is 9.70. The summed E-state index contributed by atoms with van der Waals surface area (Å²) in [5, 5.41) is 8.37. The van der Waals surface area contributed by atoms with Crippen molar-refractivity contribution >= 4 is 64.5 Å². The lowest BCUT2D eigenvalue weighted by Gasteiger charge is -2.37. The highest BCUT2D eigenvalue weighted by atomic mass is 16.5. The number of piperazine rings is 1. The number of primary amides is 1. The minimum absolute atomic E-state index is 0. The molecule has 0 bridgehead atoms. The Labute approximate surface area is 373 Å². The van der Waals surface area contributed by atoms with E-state index in [2.05, 4.69) is 35.6 Å². The van der Waals surface area contributed by atoms with E-state index < -0.39 is 35.6 Å². The van der Waals surface area contributed by atoms with Gasteiger partial charge in [0.25, 0.3) is 17.7 Å². The molecule has 0 spiro atoms. The van der Waals surface area contributed by atoms with Crippen LogP contribution in [0.2, 0.25) is 0 Å². The average molecular weight is 883 g/mol.